The number of rotatable bonds is 8. The third kappa shape index (κ3) is 6.04. The molecule has 6 nitrogen and oxygen atoms in total. The van der Waals surface area contributed by atoms with E-state index < -0.39 is 0 Å². The highest BCUT2D eigenvalue weighted by atomic mass is 16.5. The van der Waals surface area contributed by atoms with Crippen LogP contribution >= 0.6 is 0 Å². The van der Waals surface area contributed by atoms with Crippen LogP contribution in [-0.2, 0) is 11.4 Å². The Kier molecular flexibility index (Phi) is 7.33. The number of hydrazone groups is 1. The molecule has 0 atom stereocenters. The Labute approximate surface area is 175 Å². The van der Waals surface area contributed by atoms with Crippen molar-refractivity contribution in [2.24, 2.45) is 5.10 Å². The van der Waals surface area contributed by atoms with Crippen molar-refractivity contribution >= 4 is 23.7 Å². The van der Waals surface area contributed by atoms with Crippen molar-refractivity contribution in [2.45, 2.75) is 20.0 Å². The van der Waals surface area contributed by atoms with Gasteiger partial charge >= 0.3 is 0 Å². The molecule has 0 unspecified atom stereocenters. The second-order valence-corrected chi connectivity index (χ2v) is 6.49. The fourth-order valence-electron chi connectivity index (χ4n) is 2.63. The number of ether oxygens (including phenoxy) is 1. The molecule has 3 aromatic rings. The van der Waals surface area contributed by atoms with Crippen LogP contribution in [0.4, 0.5) is 5.69 Å². The van der Waals surface area contributed by atoms with Crippen LogP contribution in [0.25, 0.3) is 0 Å². The average molecular weight is 401 g/mol. The van der Waals surface area contributed by atoms with Gasteiger partial charge in [0.25, 0.3) is 5.91 Å². The Morgan fingerprint density at radius 1 is 0.933 bits per heavy atom. The number of benzene rings is 3. The van der Waals surface area contributed by atoms with E-state index in [1.807, 2.05) is 54.6 Å². The van der Waals surface area contributed by atoms with Gasteiger partial charge in [-0.15, -0.1) is 0 Å². The second-order valence-electron chi connectivity index (χ2n) is 6.49. The standard InChI is InChI=1S/C24H23N3O3/c1-2-23(28)26-21-14-12-19(13-15-21)24(29)27-25-16-20-10-6-7-11-22(20)30-17-18-8-4-3-5-9-18/h3-16H,2,17H2,1H3,(H,26,28)(H,27,29). The number of para-hydroxylation sites is 1. The maximum Gasteiger partial charge on any atom is 0.271 e. The summed E-state index contributed by atoms with van der Waals surface area (Å²) in [7, 11) is 0. The quantitative estimate of drug-likeness (QED) is 0.434. The fraction of sp³-hybridized carbons (Fsp3) is 0.125. The number of hydrogen-bond donors (Lipinski definition) is 2. The molecule has 0 aliphatic rings. The smallest absolute Gasteiger partial charge is 0.271 e. The molecule has 0 radical (unpaired) electrons. The molecule has 0 saturated carbocycles. The van der Waals surface area contributed by atoms with Crippen LogP contribution in [0.3, 0.4) is 0 Å². The fourth-order valence-corrected chi connectivity index (χ4v) is 2.63. The van der Waals surface area contributed by atoms with E-state index in [4.69, 9.17) is 4.74 Å². The van der Waals surface area contributed by atoms with Crippen LogP contribution in [0.5, 0.6) is 5.75 Å². The molecule has 0 heterocycles. The topological polar surface area (TPSA) is 79.8 Å². The Morgan fingerprint density at radius 3 is 2.37 bits per heavy atom. The normalized spacial score (nSPS) is 10.6. The van der Waals surface area contributed by atoms with E-state index in [2.05, 4.69) is 15.8 Å². The van der Waals surface area contributed by atoms with E-state index in [0.717, 1.165) is 11.1 Å². The number of carbonyl (C=O) groups excluding carboxylic acids is 2. The molecule has 0 aliphatic heterocycles. The third-order valence-electron chi connectivity index (χ3n) is 4.28. The molecule has 2 N–H and O–H groups in total. The number of hydrogen-bond acceptors (Lipinski definition) is 4. The molecule has 3 aromatic carbocycles. The zero-order chi connectivity index (χ0) is 21.2. The minimum Gasteiger partial charge on any atom is -0.488 e. The Balaban J connectivity index is 1.58. The molecule has 3 rings (SSSR count). The van der Waals surface area contributed by atoms with Gasteiger partial charge in [-0.05, 0) is 42.0 Å². The zero-order valence-corrected chi connectivity index (χ0v) is 16.7. The van der Waals surface area contributed by atoms with Crippen LogP contribution in [0, 0.1) is 0 Å². The highest BCUT2D eigenvalue weighted by Gasteiger charge is 2.06. The van der Waals surface area contributed by atoms with Gasteiger partial charge in [0.2, 0.25) is 5.91 Å². The van der Waals surface area contributed by atoms with Crippen molar-refractivity contribution in [1.82, 2.24) is 5.43 Å². The van der Waals surface area contributed by atoms with E-state index in [0.29, 0.717) is 30.0 Å². The first-order valence-electron chi connectivity index (χ1n) is 9.65. The predicted octanol–water partition coefficient (Wildman–Crippen LogP) is 4.38. The summed E-state index contributed by atoms with van der Waals surface area (Å²) in [4.78, 5) is 23.7. The van der Waals surface area contributed by atoms with Crippen molar-refractivity contribution in [2.75, 3.05) is 5.32 Å². The van der Waals surface area contributed by atoms with Crippen molar-refractivity contribution in [1.29, 1.82) is 0 Å². The van der Waals surface area contributed by atoms with Gasteiger partial charge in [-0.25, -0.2) is 5.43 Å². The number of anilines is 1. The minimum atomic E-state index is -0.345. The maximum atomic E-state index is 12.3. The number of amides is 2. The first-order valence-corrected chi connectivity index (χ1v) is 9.65. The molecule has 0 aliphatic carbocycles. The summed E-state index contributed by atoms with van der Waals surface area (Å²) in [6.45, 7) is 2.22. The highest BCUT2D eigenvalue weighted by Crippen LogP contribution is 2.17. The SMILES string of the molecule is CCC(=O)Nc1ccc(C(=O)NN=Cc2ccccc2OCc2ccccc2)cc1. The lowest BCUT2D eigenvalue weighted by atomic mass is 10.2. The van der Waals surface area contributed by atoms with Crippen LogP contribution < -0.4 is 15.5 Å². The number of nitrogens with one attached hydrogen (secondary N) is 2. The summed E-state index contributed by atoms with van der Waals surface area (Å²) in [6, 6.07) is 24.0. The Hall–Kier alpha value is -3.93. The number of carbonyl (C=O) groups is 2. The molecule has 6 heteroatoms. The molecule has 2 amide bonds. The van der Waals surface area contributed by atoms with Crippen molar-refractivity contribution in [3.05, 3.63) is 95.6 Å². The molecule has 0 spiro atoms. The van der Waals surface area contributed by atoms with Crippen molar-refractivity contribution in [3.63, 3.8) is 0 Å². The lowest BCUT2D eigenvalue weighted by molar-refractivity contribution is -0.115. The monoisotopic (exact) mass is 401 g/mol. The van der Waals surface area contributed by atoms with E-state index in [1.165, 1.54) is 0 Å². The summed E-state index contributed by atoms with van der Waals surface area (Å²) in [5, 5.41) is 6.78. The third-order valence-corrected chi connectivity index (χ3v) is 4.28. The van der Waals surface area contributed by atoms with Crippen molar-refractivity contribution < 1.29 is 14.3 Å². The Morgan fingerprint density at radius 2 is 1.63 bits per heavy atom. The van der Waals surface area contributed by atoms with Crippen LogP contribution in [-0.4, -0.2) is 18.0 Å². The predicted molar refractivity (Wildman–Crippen MR) is 118 cm³/mol. The van der Waals surface area contributed by atoms with Gasteiger partial charge in [0.05, 0.1) is 6.21 Å². The molecule has 0 saturated heterocycles. The molecule has 0 aromatic heterocycles. The summed E-state index contributed by atoms with van der Waals surface area (Å²) in [5.74, 6) is 0.252. The molecule has 152 valence electrons. The van der Waals surface area contributed by atoms with E-state index in [9.17, 15) is 9.59 Å². The summed E-state index contributed by atoms with van der Waals surface area (Å²) in [6.07, 6.45) is 1.95. The molecule has 0 bridgehead atoms. The summed E-state index contributed by atoms with van der Waals surface area (Å²) >= 11 is 0. The van der Waals surface area contributed by atoms with Crippen LogP contribution in [0.15, 0.2) is 84.0 Å². The molecular weight excluding hydrogens is 378 g/mol. The Bertz CT molecular complexity index is 1020. The van der Waals surface area contributed by atoms with Gasteiger partial charge in [-0.2, -0.15) is 5.10 Å². The molecule has 0 fully saturated rings. The average Bonchev–Trinajstić information content (AvgIpc) is 2.79. The number of nitrogens with zero attached hydrogens (tertiary/aromatic N) is 1. The molecule has 30 heavy (non-hydrogen) atoms. The van der Waals surface area contributed by atoms with Gasteiger partial charge in [0.1, 0.15) is 12.4 Å². The van der Waals surface area contributed by atoms with Gasteiger partial charge < -0.3 is 10.1 Å². The minimum absolute atomic E-state index is 0.0787. The summed E-state index contributed by atoms with van der Waals surface area (Å²) in [5.41, 5.74) is 5.41. The second kappa shape index (κ2) is 10.6. The van der Waals surface area contributed by atoms with Crippen LogP contribution in [0.2, 0.25) is 0 Å². The van der Waals surface area contributed by atoms with Gasteiger partial charge in [0.15, 0.2) is 0 Å². The first-order chi connectivity index (χ1) is 14.7. The van der Waals surface area contributed by atoms with Gasteiger partial charge in [-0.1, -0.05) is 49.4 Å². The lowest BCUT2D eigenvalue weighted by Crippen LogP contribution is -2.17. The van der Waals surface area contributed by atoms with E-state index >= 15 is 0 Å². The van der Waals surface area contributed by atoms with Crippen LogP contribution in [0.1, 0.15) is 34.8 Å². The highest BCUT2D eigenvalue weighted by molar-refractivity contribution is 5.96. The van der Waals surface area contributed by atoms with Crippen molar-refractivity contribution in [3.8, 4) is 5.75 Å². The first kappa shape index (κ1) is 20.8. The maximum absolute atomic E-state index is 12.3. The van der Waals surface area contributed by atoms with E-state index in [-0.39, 0.29) is 11.8 Å². The zero-order valence-electron chi connectivity index (χ0n) is 16.7. The van der Waals surface area contributed by atoms with Gasteiger partial charge in [0, 0.05) is 23.2 Å². The largest absolute Gasteiger partial charge is 0.488 e. The summed E-state index contributed by atoms with van der Waals surface area (Å²) < 4.78 is 5.88. The van der Waals surface area contributed by atoms with E-state index in [1.54, 1.807) is 37.4 Å². The lowest BCUT2D eigenvalue weighted by Gasteiger charge is -2.09. The van der Waals surface area contributed by atoms with Gasteiger partial charge in [-0.3, -0.25) is 9.59 Å². The molecular formula is C24H23N3O3.